The maximum absolute atomic E-state index is 5.59. The molecule has 2 N–H and O–H groups in total. The predicted octanol–water partition coefficient (Wildman–Crippen LogP) is 2.28. The summed E-state index contributed by atoms with van der Waals surface area (Å²) in [6, 6.07) is 6.48. The van der Waals surface area contributed by atoms with Crippen molar-refractivity contribution in [3.63, 3.8) is 0 Å². The van der Waals surface area contributed by atoms with E-state index in [1.807, 2.05) is 19.1 Å². The summed E-state index contributed by atoms with van der Waals surface area (Å²) in [5.41, 5.74) is 7.75. The molecule has 1 heterocycles. The van der Waals surface area contributed by atoms with E-state index in [0.29, 0.717) is 11.0 Å². The quantitative estimate of drug-likeness (QED) is 0.788. The second-order valence-corrected chi connectivity index (χ2v) is 4.88. The topological polar surface area (TPSA) is 42.2 Å². The minimum Gasteiger partial charge on any atom is -0.393 e. The number of pyridine rings is 1. The first-order chi connectivity index (χ1) is 8.02. The molecule has 1 aromatic heterocycles. The molecule has 0 aliphatic carbocycles. The van der Waals surface area contributed by atoms with Crippen molar-refractivity contribution in [1.82, 2.24) is 9.88 Å². The highest BCUT2D eigenvalue weighted by atomic mass is 32.1. The van der Waals surface area contributed by atoms with Crippen LogP contribution in [0.15, 0.2) is 18.2 Å². The monoisotopic (exact) mass is 251 g/mol. The number of thiocarbonyl (C=S) groups is 1. The van der Waals surface area contributed by atoms with Crippen molar-refractivity contribution in [3.05, 3.63) is 29.6 Å². The molecular weight excluding hydrogens is 230 g/mol. The molecule has 0 fully saturated rings. The van der Waals surface area contributed by atoms with E-state index in [4.69, 9.17) is 18.0 Å². The van der Waals surface area contributed by atoms with E-state index in [1.54, 1.807) is 0 Å². The fourth-order valence-electron chi connectivity index (χ4n) is 1.90. The van der Waals surface area contributed by atoms with Crippen LogP contribution in [-0.4, -0.2) is 27.5 Å². The Morgan fingerprint density at radius 3 is 2.76 bits per heavy atom. The lowest BCUT2D eigenvalue weighted by molar-refractivity contribution is 0.213. The fourth-order valence-corrected chi connectivity index (χ4v) is 2.14. The van der Waals surface area contributed by atoms with Gasteiger partial charge in [-0.25, -0.2) is 0 Å². The number of hydrogen-bond acceptors (Lipinski definition) is 3. The zero-order valence-electron chi connectivity index (χ0n) is 10.8. The molecule has 0 aliphatic rings. The first-order valence-electron chi connectivity index (χ1n) is 5.97. The third-order valence-electron chi connectivity index (χ3n) is 2.84. The molecule has 0 saturated carbocycles. The molecule has 0 radical (unpaired) electrons. The van der Waals surface area contributed by atoms with Crippen LogP contribution in [0.4, 0.5) is 0 Å². The molecule has 1 aromatic rings. The van der Waals surface area contributed by atoms with E-state index in [9.17, 15) is 0 Å². The van der Waals surface area contributed by atoms with Crippen molar-refractivity contribution in [1.29, 1.82) is 0 Å². The van der Waals surface area contributed by atoms with E-state index in [1.165, 1.54) is 0 Å². The average Bonchev–Trinajstić information content (AvgIpc) is 2.24. The van der Waals surface area contributed by atoms with Gasteiger partial charge in [0, 0.05) is 24.7 Å². The largest absolute Gasteiger partial charge is 0.393 e. The van der Waals surface area contributed by atoms with Gasteiger partial charge in [0.05, 0.1) is 10.7 Å². The molecule has 94 valence electrons. The maximum Gasteiger partial charge on any atom is 0.0742 e. The zero-order chi connectivity index (χ0) is 12.8. The van der Waals surface area contributed by atoms with Crippen LogP contribution in [0.5, 0.6) is 0 Å². The van der Waals surface area contributed by atoms with Gasteiger partial charge >= 0.3 is 0 Å². The summed E-state index contributed by atoms with van der Waals surface area (Å²) >= 11 is 4.96. The van der Waals surface area contributed by atoms with E-state index in [-0.39, 0.29) is 0 Å². The number of nitrogens with two attached hydrogens (primary N) is 1. The highest BCUT2D eigenvalue weighted by molar-refractivity contribution is 7.80. The fraction of sp³-hybridized carbons (Fsp3) is 0.538. The molecule has 3 nitrogen and oxygen atoms in total. The third kappa shape index (κ3) is 4.79. The van der Waals surface area contributed by atoms with Crippen molar-refractivity contribution < 1.29 is 0 Å². The molecule has 1 unspecified atom stereocenters. The molecule has 0 aromatic carbocycles. The van der Waals surface area contributed by atoms with Gasteiger partial charge in [-0.3, -0.25) is 9.88 Å². The second kappa shape index (κ2) is 6.67. The summed E-state index contributed by atoms with van der Waals surface area (Å²) in [6.07, 6.45) is 0.759. The molecule has 17 heavy (non-hydrogen) atoms. The minimum atomic E-state index is 0.361. The van der Waals surface area contributed by atoms with Gasteiger partial charge in [-0.15, -0.1) is 0 Å². The Labute approximate surface area is 109 Å². The molecule has 0 amide bonds. The Morgan fingerprint density at radius 2 is 2.24 bits per heavy atom. The number of nitrogens with zero attached hydrogens (tertiary/aromatic N) is 2. The van der Waals surface area contributed by atoms with Crippen molar-refractivity contribution in [2.75, 3.05) is 6.54 Å². The molecule has 0 aliphatic heterocycles. The lowest BCUT2D eigenvalue weighted by atomic mass is 10.2. The van der Waals surface area contributed by atoms with Crippen LogP contribution < -0.4 is 5.73 Å². The summed E-state index contributed by atoms with van der Waals surface area (Å²) < 4.78 is 0. The highest BCUT2D eigenvalue weighted by Crippen LogP contribution is 2.09. The van der Waals surface area contributed by atoms with Crippen molar-refractivity contribution >= 4 is 17.2 Å². The predicted molar refractivity (Wildman–Crippen MR) is 75.9 cm³/mol. The lowest BCUT2D eigenvalue weighted by Crippen LogP contribution is -2.35. The summed E-state index contributed by atoms with van der Waals surface area (Å²) in [5, 5.41) is 0. The molecule has 0 spiro atoms. The van der Waals surface area contributed by atoms with Crippen LogP contribution in [0.3, 0.4) is 0 Å². The summed E-state index contributed by atoms with van der Waals surface area (Å²) in [4.78, 5) is 7.43. The number of aryl methyl sites for hydroxylation is 1. The van der Waals surface area contributed by atoms with Gasteiger partial charge in [-0.05, 0) is 32.5 Å². The highest BCUT2D eigenvalue weighted by Gasteiger charge is 2.13. The molecule has 0 bridgehead atoms. The van der Waals surface area contributed by atoms with E-state index >= 15 is 0 Å². The lowest BCUT2D eigenvalue weighted by Gasteiger charge is -2.27. The maximum atomic E-state index is 5.59. The van der Waals surface area contributed by atoms with Crippen molar-refractivity contribution in [3.8, 4) is 0 Å². The molecule has 0 saturated heterocycles. The average molecular weight is 251 g/mol. The molecule has 4 heteroatoms. The van der Waals surface area contributed by atoms with Gasteiger partial charge < -0.3 is 5.73 Å². The van der Waals surface area contributed by atoms with E-state index in [2.05, 4.69) is 29.8 Å². The second-order valence-electron chi connectivity index (χ2n) is 4.35. The van der Waals surface area contributed by atoms with Gasteiger partial charge in [0.1, 0.15) is 0 Å². The van der Waals surface area contributed by atoms with Crippen LogP contribution in [0.1, 0.15) is 31.7 Å². The van der Waals surface area contributed by atoms with Crippen LogP contribution >= 0.6 is 12.2 Å². The number of hydrogen-bond donors (Lipinski definition) is 1. The standard InChI is InChI=1S/C13H21N3S/c1-4-16(11(3)8-13(14)17)9-12-7-5-6-10(2)15-12/h5-7,11H,4,8-9H2,1-3H3,(H2,14,17). The molecule has 1 rings (SSSR count). The van der Waals surface area contributed by atoms with Gasteiger partial charge in [0.2, 0.25) is 0 Å². The number of rotatable bonds is 6. The Bertz CT molecular complexity index is 379. The molecular formula is C13H21N3S. The van der Waals surface area contributed by atoms with E-state index < -0.39 is 0 Å². The van der Waals surface area contributed by atoms with Gasteiger partial charge in [-0.1, -0.05) is 25.2 Å². The van der Waals surface area contributed by atoms with E-state index in [0.717, 1.165) is 30.9 Å². The van der Waals surface area contributed by atoms with Crippen LogP contribution in [0.25, 0.3) is 0 Å². The molecule has 1 atom stereocenters. The first-order valence-corrected chi connectivity index (χ1v) is 6.38. The first kappa shape index (κ1) is 14.1. The van der Waals surface area contributed by atoms with Crippen LogP contribution in [0.2, 0.25) is 0 Å². The Kier molecular flexibility index (Phi) is 5.51. The summed E-state index contributed by atoms with van der Waals surface area (Å²) in [7, 11) is 0. The smallest absolute Gasteiger partial charge is 0.0742 e. The Balaban J connectivity index is 2.66. The summed E-state index contributed by atoms with van der Waals surface area (Å²) in [5.74, 6) is 0. The summed E-state index contributed by atoms with van der Waals surface area (Å²) in [6.45, 7) is 8.13. The zero-order valence-corrected chi connectivity index (χ0v) is 11.6. The third-order valence-corrected chi connectivity index (χ3v) is 3.00. The van der Waals surface area contributed by atoms with Gasteiger partial charge in [0.15, 0.2) is 0 Å². The normalized spacial score (nSPS) is 12.7. The minimum absolute atomic E-state index is 0.361. The SMILES string of the molecule is CCN(Cc1cccc(C)n1)C(C)CC(N)=S. The van der Waals surface area contributed by atoms with Crippen molar-refractivity contribution in [2.45, 2.75) is 39.8 Å². The van der Waals surface area contributed by atoms with Gasteiger partial charge in [0.25, 0.3) is 0 Å². The van der Waals surface area contributed by atoms with Crippen LogP contribution in [-0.2, 0) is 6.54 Å². The van der Waals surface area contributed by atoms with Crippen LogP contribution in [0, 0.1) is 6.92 Å². The van der Waals surface area contributed by atoms with Gasteiger partial charge in [-0.2, -0.15) is 0 Å². The number of aromatic nitrogens is 1. The Hall–Kier alpha value is -1.00. The Morgan fingerprint density at radius 1 is 1.53 bits per heavy atom. The van der Waals surface area contributed by atoms with Crippen molar-refractivity contribution in [2.24, 2.45) is 5.73 Å².